The summed E-state index contributed by atoms with van der Waals surface area (Å²) >= 11 is 0. The molecule has 0 fully saturated rings. The van der Waals surface area contributed by atoms with E-state index in [-0.39, 0.29) is 11.4 Å². The molecule has 0 amide bonds. The number of hydrogen-bond acceptors (Lipinski definition) is 4. The Morgan fingerprint density at radius 2 is 2.00 bits per heavy atom. The predicted octanol–water partition coefficient (Wildman–Crippen LogP) is 0.732. The van der Waals surface area contributed by atoms with Crippen LogP contribution in [0, 0.1) is 13.8 Å². The van der Waals surface area contributed by atoms with Crippen molar-refractivity contribution in [3.63, 3.8) is 0 Å². The molecule has 2 heterocycles. The van der Waals surface area contributed by atoms with Crippen molar-refractivity contribution >= 4 is 10.0 Å². The van der Waals surface area contributed by atoms with E-state index in [0.29, 0.717) is 17.1 Å². The molecule has 110 valence electrons. The smallest absolute Gasteiger partial charge is 0.244 e. The fraction of sp³-hybridized carbons (Fsp3) is 0.500. The lowest BCUT2D eigenvalue weighted by atomic mass is 10.4. The van der Waals surface area contributed by atoms with E-state index in [4.69, 9.17) is 0 Å². The lowest BCUT2D eigenvalue weighted by molar-refractivity contribution is 0.576. The Morgan fingerprint density at radius 1 is 1.30 bits per heavy atom. The summed E-state index contributed by atoms with van der Waals surface area (Å²) in [7, 11) is -1.85. The van der Waals surface area contributed by atoms with E-state index in [1.807, 2.05) is 13.1 Å². The van der Waals surface area contributed by atoms with Crippen LogP contribution in [-0.4, -0.2) is 28.0 Å². The van der Waals surface area contributed by atoms with Gasteiger partial charge in [-0.2, -0.15) is 10.2 Å². The Labute approximate surface area is 118 Å². The first-order valence-electron chi connectivity index (χ1n) is 6.37. The van der Waals surface area contributed by atoms with Crippen LogP contribution < -0.4 is 4.72 Å². The first kappa shape index (κ1) is 14.7. The Balaban J connectivity index is 2.19. The molecule has 20 heavy (non-hydrogen) atoms. The van der Waals surface area contributed by atoms with Gasteiger partial charge in [0, 0.05) is 19.8 Å². The van der Waals surface area contributed by atoms with Crippen molar-refractivity contribution in [2.75, 3.05) is 0 Å². The first-order valence-corrected chi connectivity index (χ1v) is 7.85. The van der Waals surface area contributed by atoms with E-state index < -0.39 is 10.0 Å². The molecule has 0 atom stereocenters. The number of nitrogens with zero attached hydrogens (tertiary/aromatic N) is 4. The molecule has 0 saturated carbocycles. The highest BCUT2D eigenvalue weighted by Crippen LogP contribution is 2.18. The summed E-state index contributed by atoms with van der Waals surface area (Å²) in [6, 6.07) is 1.80. The van der Waals surface area contributed by atoms with Crippen LogP contribution in [0.3, 0.4) is 0 Å². The minimum absolute atomic E-state index is 0.170. The van der Waals surface area contributed by atoms with Crippen LogP contribution in [0.25, 0.3) is 0 Å². The average Bonchev–Trinajstić information content (AvgIpc) is 2.93. The van der Waals surface area contributed by atoms with Crippen molar-refractivity contribution in [2.45, 2.75) is 38.8 Å². The monoisotopic (exact) mass is 297 g/mol. The van der Waals surface area contributed by atoms with E-state index in [2.05, 4.69) is 14.9 Å². The molecule has 2 aromatic heterocycles. The zero-order chi connectivity index (χ0) is 14.9. The molecule has 0 saturated heterocycles. The van der Waals surface area contributed by atoms with E-state index in [9.17, 15) is 8.42 Å². The molecule has 0 aliphatic heterocycles. The minimum Gasteiger partial charge on any atom is -0.273 e. The molecular weight excluding hydrogens is 278 g/mol. The summed E-state index contributed by atoms with van der Waals surface area (Å²) in [5, 5.41) is 8.37. The van der Waals surface area contributed by atoms with Crippen LogP contribution in [0.4, 0.5) is 0 Å². The molecule has 0 aromatic carbocycles. The van der Waals surface area contributed by atoms with Crippen molar-refractivity contribution in [1.82, 2.24) is 24.3 Å². The van der Waals surface area contributed by atoms with Crippen LogP contribution in [0.1, 0.15) is 24.0 Å². The highest BCUT2D eigenvalue weighted by Gasteiger charge is 2.23. The summed E-state index contributed by atoms with van der Waals surface area (Å²) in [4.78, 5) is 0.245. The highest BCUT2D eigenvalue weighted by molar-refractivity contribution is 7.89. The molecule has 0 bridgehead atoms. The topological polar surface area (TPSA) is 81.8 Å². The van der Waals surface area contributed by atoms with Crippen molar-refractivity contribution in [1.29, 1.82) is 0 Å². The standard InChI is InChI=1S/C12H19N5O2S/c1-5-17-7-6-11(15-17)8-13-20(18,19)12-9(2)14-16(4)10(12)3/h6-7,13H,5,8H2,1-4H3. The third-order valence-electron chi connectivity index (χ3n) is 3.17. The number of nitrogens with one attached hydrogen (secondary N) is 1. The fourth-order valence-electron chi connectivity index (χ4n) is 2.06. The van der Waals surface area contributed by atoms with E-state index >= 15 is 0 Å². The van der Waals surface area contributed by atoms with Crippen LogP contribution >= 0.6 is 0 Å². The maximum absolute atomic E-state index is 12.3. The lowest BCUT2D eigenvalue weighted by Crippen LogP contribution is -2.24. The number of aromatic nitrogens is 4. The molecule has 7 nitrogen and oxygen atoms in total. The van der Waals surface area contributed by atoms with Crippen molar-refractivity contribution in [2.24, 2.45) is 7.05 Å². The molecule has 0 unspecified atom stereocenters. The van der Waals surface area contributed by atoms with E-state index in [0.717, 1.165) is 6.54 Å². The average molecular weight is 297 g/mol. The molecule has 1 N–H and O–H groups in total. The zero-order valence-corrected chi connectivity index (χ0v) is 12.9. The number of rotatable bonds is 5. The lowest BCUT2D eigenvalue weighted by Gasteiger charge is -2.05. The molecule has 0 radical (unpaired) electrons. The van der Waals surface area contributed by atoms with Crippen LogP contribution in [0.5, 0.6) is 0 Å². The van der Waals surface area contributed by atoms with Crippen molar-refractivity contribution in [3.8, 4) is 0 Å². The van der Waals surface area contributed by atoms with Crippen LogP contribution in [0.2, 0.25) is 0 Å². The van der Waals surface area contributed by atoms with Gasteiger partial charge < -0.3 is 0 Å². The molecule has 8 heteroatoms. The summed E-state index contributed by atoms with van der Waals surface area (Å²) in [6.07, 6.45) is 1.82. The molecule has 0 spiro atoms. The van der Waals surface area contributed by atoms with Gasteiger partial charge in [-0.1, -0.05) is 0 Å². The van der Waals surface area contributed by atoms with Gasteiger partial charge in [0.1, 0.15) is 4.90 Å². The Morgan fingerprint density at radius 3 is 2.50 bits per heavy atom. The number of sulfonamides is 1. The Kier molecular flexibility index (Phi) is 3.96. The van der Waals surface area contributed by atoms with Crippen molar-refractivity contribution < 1.29 is 8.42 Å². The zero-order valence-electron chi connectivity index (χ0n) is 12.1. The summed E-state index contributed by atoms with van der Waals surface area (Å²) < 4.78 is 30.6. The molecule has 2 aromatic rings. The fourth-order valence-corrected chi connectivity index (χ4v) is 3.49. The first-order chi connectivity index (χ1) is 9.35. The largest absolute Gasteiger partial charge is 0.273 e. The van der Waals surface area contributed by atoms with Gasteiger partial charge in [0.2, 0.25) is 10.0 Å². The van der Waals surface area contributed by atoms with Gasteiger partial charge in [-0.25, -0.2) is 13.1 Å². The van der Waals surface area contributed by atoms with E-state index in [1.54, 1.807) is 36.3 Å². The van der Waals surface area contributed by atoms with Gasteiger partial charge in [-0.3, -0.25) is 9.36 Å². The highest BCUT2D eigenvalue weighted by atomic mass is 32.2. The second-order valence-electron chi connectivity index (χ2n) is 4.61. The summed E-state index contributed by atoms with van der Waals surface area (Å²) in [5.74, 6) is 0. The minimum atomic E-state index is -3.58. The van der Waals surface area contributed by atoms with Crippen LogP contribution in [-0.2, 0) is 30.2 Å². The van der Waals surface area contributed by atoms with Crippen molar-refractivity contribution in [3.05, 3.63) is 29.3 Å². The molecular formula is C12H19N5O2S. The van der Waals surface area contributed by atoms with Gasteiger partial charge in [0.25, 0.3) is 0 Å². The maximum atomic E-state index is 12.3. The number of aryl methyl sites for hydroxylation is 3. The predicted molar refractivity (Wildman–Crippen MR) is 74.6 cm³/mol. The normalized spacial score (nSPS) is 12.0. The molecule has 2 rings (SSSR count). The third kappa shape index (κ3) is 2.75. The second kappa shape index (κ2) is 5.37. The Bertz CT molecular complexity index is 714. The van der Waals surface area contributed by atoms with Gasteiger partial charge in [0.05, 0.1) is 23.6 Å². The second-order valence-corrected chi connectivity index (χ2v) is 6.31. The van der Waals surface area contributed by atoms with Gasteiger partial charge in [0.15, 0.2) is 0 Å². The third-order valence-corrected chi connectivity index (χ3v) is 4.83. The molecule has 0 aliphatic carbocycles. The SMILES string of the molecule is CCn1ccc(CNS(=O)(=O)c2c(C)nn(C)c2C)n1. The quantitative estimate of drug-likeness (QED) is 0.882. The maximum Gasteiger partial charge on any atom is 0.244 e. The summed E-state index contributed by atoms with van der Waals surface area (Å²) in [6.45, 7) is 6.33. The van der Waals surface area contributed by atoms with Gasteiger partial charge in [-0.15, -0.1) is 0 Å². The summed E-state index contributed by atoms with van der Waals surface area (Å²) in [5.41, 5.74) is 1.81. The number of hydrogen-bond donors (Lipinski definition) is 1. The van der Waals surface area contributed by atoms with Crippen LogP contribution in [0.15, 0.2) is 17.2 Å². The van der Waals surface area contributed by atoms with E-state index in [1.165, 1.54) is 0 Å². The Hall–Kier alpha value is -1.67. The molecule has 0 aliphatic rings. The van der Waals surface area contributed by atoms with Gasteiger partial charge in [-0.05, 0) is 26.8 Å². The van der Waals surface area contributed by atoms with Gasteiger partial charge >= 0.3 is 0 Å².